The largest absolute Gasteiger partial charge is 0.481 e. The second-order valence-electron chi connectivity index (χ2n) is 5.87. The minimum atomic E-state index is -0.788. The van der Waals surface area contributed by atoms with Gasteiger partial charge >= 0.3 is 12.0 Å². The molecule has 0 radical (unpaired) electrons. The Morgan fingerprint density at radius 3 is 2.86 bits per heavy atom. The van der Waals surface area contributed by atoms with E-state index in [0.717, 1.165) is 22.7 Å². The Bertz CT molecular complexity index is 574. The molecule has 2 fully saturated rings. The number of thiazole rings is 1. The average Bonchev–Trinajstić information content (AvgIpc) is 3.11. The van der Waals surface area contributed by atoms with E-state index in [9.17, 15) is 14.7 Å². The molecule has 2 bridgehead atoms. The molecule has 0 aliphatic carbocycles. The van der Waals surface area contributed by atoms with Gasteiger partial charge in [-0.2, -0.15) is 0 Å². The molecule has 21 heavy (non-hydrogen) atoms. The van der Waals surface area contributed by atoms with Crippen LogP contribution in [0.15, 0.2) is 6.20 Å². The maximum absolute atomic E-state index is 12.5. The van der Waals surface area contributed by atoms with Crippen molar-refractivity contribution in [3.05, 3.63) is 16.1 Å². The molecule has 4 unspecified atom stereocenters. The van der Waals surface area contributed by atoms with Crippen molar-refractivity contribution in [3.63, 3.8) is 0 Å². The zero-order valence-corrected chi connectivity index (χ0v) is 12.9. The van der Waals surface area contributed by atoms with Crippen LogP contribution in [0.5, 0.6) is 0 Å². The van der Waals surface area contributed by atoms with Crippen LogP contribution in [0, 0.1) is 12.8 Å². The molecule has 2 aliphatic rings. The molecule has 6 nitrogen and oxygen atoms in total. The third kappa shape index (κ3) is 2.50. The zero-order valence-electron chi connectivity index (χ0n) is 12.1. The summed E-state index contributed by atoms with van der Waals surface area (Å²) >= 11 is 1.56. The SMILES string of the molecule is Cc1cnc(C(C)NC(=O)N2C3CCC2C(C(=O)O)C3)s1. The minimum Gasteiger partial charge on any atom is -0.481 e. The van der Waals surface area contributed by atoms with Gasteiger partial charge in [0.15, 0.2) is 0 Å². The van der Waals surface area contributed by atoms with Crippen molar-refractivity contribution < 1.29 is 14.7 Å². The first-order chi connectivity index (χ1) is 9.97. The number of aryl methyl sites for hydroxylation is 1. The van der Waals surface area contributed by atoms with Gasteiger partial charge in [0, 0.05) is 23.2 Å². The number of carboxylic acid groups (broad SMARTS) is 1. The van der Waals surface area contributed by atoms with Crippen LogP contribution in [0.4, 0.5) is 4.79 Å². The van der Waals surface area contributed by atoms with Crippen molar-refractivity contribution in [1.82, 2.24) is 15.2 Å². The van der Waals surface area contributed by atoms with Crippen LogP contribution in [-0.2, 0) is 4.79 Å². The molecule has 1 aromatic heterocycles. The number of rotatable bonds is 3. The number of carbonyl (C=O) groups excluding carboxylic acids is 1. The Kier molecular flexibility index (Phi) is 3.61. The van der Waals surface area contributed by atoms with Gasteiger partial charge in [0.1, 0.15) is 5.01 Å². The molecule has 1 aromatic rings. The number of carbonyl (C=O) groups is 2. The molecule has 7 heteroatoms. The number of fused-ring (bicyclic) bond motifs is 2. The van der Waals surface area contributed by atoms with E-state index >= 15 is 0 Å². The molecule has 0 spiro atoms. The highest BCUT2D eigenvalue weighted by Gasteiger charge is 2.51. The summed E-state index contributed by atoms with van der Waals surface area (Å²) in [5.74, 6) is -1.20. The van der Waals surface area contributed by atoms with Crippen LogP contribution in [0.2, 0.25) is 0 Å². The number of aliphatic carboxylic acids is 1. The van der Waals surface area contributed by atoms with E-state index in [2.05, 4.69) is 10.3 Å². The van der Waals surface area contributed by atoms with Gasteiger partial charge in [0.25, 0.3) is 0 Å². The van der Waals surface area contributed by atoms with E-state index in [4.69, 9.17) is 0 Å². The topological polar surface area (TPSA) is 82.5 Å². The van der Waals surface area contributed by atoms with Gasteiger partial charge in [-0.3, -0.25) is 4.79 Å². The Balaban J connectivity index is 1.67. The van der Waals surface area contributed by atoms with Gasteiger partial charge in [-0.1, -0.05) is 0 Å². The lowest BCUT2D eigenvalue weighted by molar-refractivity contribution is -0.142. The van der Waals surface area contributed by atoms with Crippen molar-refractivity contribution in [1.29, 1.82) is 0 Å². The highest BCUT2D eigenvalue weighted by molar-refractivity contribution is 7.11. The van der Waals surface area contributed by atoms with Crippen molar-refractivity contribution in [2.45, 2.75) is 51.2 Å². The molecule has 4 atom stereocenters. The minimum absolute atomic E-state index is 0.0707. The molecule has 3 rings (SSSR count). The highest BCUT2D eigenvalue weighted by Crippen LogP contribution is 2.41. The van der Waals surface area contributed by atoms with Crippen LogP contribution in [0.3, 0.4) is 0 Å². The monoisotopic (exact) mass is 309 g/mol. The molecule has 2 amide bonds. The lowest BCUT2D eigenvalue weighted by atomic mass is 9.89. The molecule has 3 heterocycles. The van der Waals surface area contributed by atoms with Crippen molar-refractivity contribution in [2.75, 3.05) is 0 Å². The third-order valence-corrected chi connectivity index (χ3v) is 5.53. The second kappa shape index (κ2) is 5.29. The standard InChI is InChI=1S/C14H19N3O3S/c1-7-6-15-12(21-7)8(2)16-14(20)17-9-3-4-11(17)10(5-9)13(18)19/h6,8-11H,3-5H2,1-2H3,(H,16,20)(H,18,19). The van der Waals surface area contributed by atoms with E-state index in [-0.39, 0.29) is 24.2 Å². The third-order valence-electron chi connectivity index (χ3n) is 4.44. The summed E-state index contributed by atoms with van der Waals surface area (Å²) in [6.45, 7) is 3.89. The van der Waals surface area contributed by atoms with Gasteiger partial charge < -0.3 is 15.3 Å². The predicted octanol–water partition coefficient (Wildman–Crippen LogP) is 2.16. The van der Waals surface area contributed by atoms with E-state index in [1.807, 2.05) is 13.8 Å². The number of hydrogen-bond acceptors (Lipinski definition) is 4. The number of urea groups is 1. The maximum Gasteiger partial charge on any atom is 0.318 e. The molecule has 2 aliphatic heterocycles. The first-order valence-electron chi connectivity index (χ1n) is 7.21. The fraction of sp³-hybridized carbons (Fsp3) is 0.643. The normalized spacial score (nSPS) is 28.7. The van der Waals surface area contributed by atoms with E-state index in [1.165, 1.54) is 0 Å². The first-order valence-corrected chi connectivity index (χ1v) is 8.03. The Morgan fingerprint density at radius 2 is 2.29 bits per heavy atom. The van der Waals surface area contributed by atoms with Crippen molar-refractivity contribution >= 4 is 23.3 Å². The van der Waals surface area contributed by atoms with Crippen molar-refractivity contribution in [3.8, 4) is 0 Å². The quantitative estimate of drug-likeness (QED) is 0.896. The van der Waals surface area contributed by atoms with Crippen molar-refractivity contribution in [2.24, 2.45) is 5.92 Å². The fourth-order valence-corrected chi connectivity index (χ4v) is 4.24. The second-order valence-corrected chi connectivity index (χ2v) is 7.13. The Morgan fingerprint density at radius 1 is 1.52 bits per heavy atom. The summed E-state index contributed by atoms with van der Waals surface area (Å²) in [7, 11) is 0. The Hall–Kier alpha value is -1.63. The number of carboxylic acids is 1. The number of amides is 2. The molecule has 0 saturated carbocycles. The molecule has 0 aromatic carbocycles. The molecule has 2 N–H and O–H groups in total. The lowest BCUT2D eigenvalue weighted by Gasteiger charge is -2.25. The molecular formula is C14H19N3O3S. The smallest absolute Gasteiger partial charge is 0.318 e. The van der Waals surface area contributed by atoms with Gasteiger partial charge in [-0.15, -0.1) is 11.3 Å². The first kappa shape index (κ1) is 14.3. The van der Waals surface area contributed by atoms with Crippen LogP contribution in [0.1, 0.15) is 42.1 Å². The molecule has 114 valence electrons. The van der Waals surface area contributed by atoms with Crippen LogP contribution in [-0.4, -0.2) is 39.1 Å². The lowest BCUT2D eigenvalue weighted by Crippen LogP contribution is -2.45. The van der Waals surface area contributed by atoms with E-state index in [1.54, 1.807) is 22.4 Å². The number of hydrogen-bond donors (Lipinski definition) is 2. The fourth-order valence-electron chi connectivity index (χ4n) is 3.46. The summed E-state index contributed by atoms with van der Waals surface area (Å²) in [5.41, 5.74) is 0. The summed E-state index contributed by atoms with van der Waals surface area (Å²) in [6, 6.07) is -0.398. The number of nitrogens with one attached hydrogen (secondary N) is 1. The summed E-state index contributed by atoms with van der Waals surface area (Å²) in [5, 5.41) is 13.1. The van der Waals surface area contributed by atoms with Crippen LogP contribution < -0.4 is 5.32 Å². The highest BCUT2D eigenvalue weighted by atomic mass is 32.1. The number of nitrogens with zero attached hydrogens (tertiary/aromatic N) is 2. The van der Waals surface area contributed by atoms with E-state index in [0.29, 0.717) is 6.42 Å². The Labute approximate surface area is 127 Å². The van der Waals surface area contributed by atoms with Gasteiger partial charge in [0.05, 0.1) is 12.0 Å². The van der Waals surface area contributed by atoms with Crippen LogP contribution >= 0.6 is 11.3 Å². The van der Waals surface area contributed by atoms with Gasteiger partial charge in [-0.05, 0) is 33.1 Å². The average molecular weight is 309 g/mol. The maximum atomic E-state index is 12.5. The number of aromatic nitrogens is 1. The van der Waals surface area contributed by atoms with Gasteiger partial charge in [0.2, 0.25) is 0 Å². The molecule has 2 saturated heterocycles. The zero-order chi connectivity index (χ0) is 15.1. The van der Waals surface area contributed by atoms with Gasteiger partial charge in [-0.25, -0.2) is 9.78 Å². The predicted molar refractivity (Wildman–Crippen MR) is 78.2 cm³/mol. The summed E-state index contributed by atoms with van der Waals surface area (Å²) in [6.07, 6.45) is 4.08. The molecular weight excluding hydrogens is 290 g/mol. The summed E-state index contributed by atoms with van der Waals surface area (Å²) < 4.78 is 0. The summed E-state index contributed by atoms with van der Waals surface area (Å²) in [4.78, 5) is 30.8. The van der Waals surface area contributed by atoms with E-state index < -0.39 is 11.9 Å². The van der Waals surface area contributed by atoms with Crippen LogP contribution in [0.25, 0.3) is 0 Å².